The number of carbonyl (C=O) groups excluding carboxylic acids is 2. The molecule has 0 bridgehead atoms. The third-order valence-electron chi connectivity index (χ3n) is 3.85. The molecule has 0 atom stereocenters. The molecule has 2 aromatic rings. The molecule has 0 saturated heterocycles. The highest BCUT2D eigenvalue weighted by Gasteiger charge is 2.15. The summed E-state index contributed by atoms with van der Waals surface area (Å²) < 4.78 is 12.7. The van der Waals surface area contributed by atoms with Crippen LogP contribution in [0.5, 0.6) is 11.5 Å². The summed E-state index contributed by atoms with van der Waals surface area (Å²) in [6.45, 7) is 7.69. The standard InChI is InChI=1S/C21H24Br2N2O4/c1-12(2)14-5-7-19(17(23)9-14)28-11-20(26)24-25-21(27)16-10-15(22)6-8-18(16)29-13(3)4/h5-10,12-13H,11H2,1-4H3,(H,24,26)(H,25,27). The second-order valence-corrected chi connectivity index (χ2v) is 8.71. The fourth-order valence-electron chi connectivity index (χ4n) is 2.40. The van der Waals surface area contributed by atoms with Crippen LogP contribution in [0, 0.1) is 0 Å². The Morgan fingerprint density at radius 2 is 1.66 bits per heavy atom. The first-order chi connectivity index (χ1) is 13.7. The predicted octanol–water partition coefficient (Wildman–Crippen LogP) is 4.96. The largest absolute Gasteiger partial charge is 0.490 e. The van der Waals surface area contributed by atoms with Gasteiger partial charge in [0.05, 0.1) is 16.1 Å². The van der Waals surface area contributed by atoms with E-state index in [9.17, 15) is 9.59 Å². The molecular formula is C21H24Br2N2O4. The second kappa shape index (κ2) is 10.6. The minimum absolute atomic E-state index is 0.0914. The van der Waals surface area contributed by atoms with Crippen molar-refractivity contribution < 1.29 is 19.1 Å². The Balaban J connectivity index is 1.93. The average Bonchev–Trinajstić information content (AvgIpc) is 2.66. The highest BCUT2D eigenvalue weighted by molar-refractivity contribution is 9.10. The monoisotopic (exact) mass is 526 g/mol. The lowest BCUT2D eigenvalue weighted by Crippen LogP contribution is -2.44. The minimum Gasteiger partial charge on any atom is -0.490 e. The maximum Gasteiger partial charge on any atom is 0.276 e. The van der Waals surface area contributed by atoms with Crippen molar-refractivity contribution in [2.24, 2.45) is 0 Å². The molecule has 0 fully saturated rings. The van der Waals surface area contributed by atoms with Crippen molar-refractivity contribution in [1.29, 1.82) is 0 Å². The molecule has 2 aromatic carbocycles. The molecule has 0 aromatic heterocycles. The van der Waals surface area contributed by atoms with Crippen molar-refractivity contribution >= 4 is 43.7 Å². The van der Waals surface area contributed by atoms with E-state index < -0.39 is 11.8 Å². The molecule has 0 heterocycles. The van der Waals surface area contributed by atoms with Gasteiger partial charge in [0.1, 0.15) is 11.5 Å². The maximum atomic E-state index is 12.5. The van der Waals surface area contributed by atoms with Gasteiger partial charge < -0.3 is 9.47 Å². The molecule has 29 heavy (non-hydrogen) atoms. The highest BCUT2D eigenvalue weighted by atomic mass is 79.9. The fourth-order valence-corrected chi connectivity index (χ4v) is 3.27. The second-order valence-electron chi connectivity index (χ2n) is 6.94. The molecule has 0 spiro atoms. The molecule has 0 radical (unpaired) electrons. The molecule has 0 aliphatic rings. The molecule has 6 nitrogen and oxygen atoms in total. The van der Waals surface area contributed by atoms with Gasteiger partial charge in [0, 0.05) is 4.47 Å². The molecule has 0 aliphatic carbocycles. The zero-order valence-corrected chi connectivity index (χ0v) is 19.9. The van der Waals surface area contributed by atoms with Crippen molar-refractivity contribution in [3.63, 3.8) is 0 Å². The van der Waals surface area contributed by atoms with Crippen molar-refractivity contribution in [3.05, 3.63) is 56.5 Å². The lowest BCUT2D eigenvalue weighted by atomic mass is 10.0. The molecule has 0 saturated carbocycles. The Kier molecular flexibility index (Phi) is 8.52. The van der Waals surface area contributed by atoms with Crippen LogP contribution < -0.4 is 20.3 Å². The maximum absolute atomic E-state index is 12.5. The van der Waals surface area contributed by atoms with E-state index in [-0.39, 0.29) is 12.7 Å². The summed E-state index contributed by atoms with van der Waals surface area (Å²) >= 11 is 6.78. The number of hydrogen-bond acceptors (Lipinski definition) is 4. The van der Waals surface area contributed by atoms with Crippen molar-refractivity contribution in [3.8, 4) is 11.5 Å². The summed E-state index contributed by atoms with van der Waals surface area (Å²) in [5.74, 6) is 0.398. The first-order valence-corrected chi connectivity index (χ1v) is 10.7. The third-order valence-corrected chi connectivity index (χ3v) is 4.96. The predicted molar refractivity (Wildman–Crippen MR) is 119 cm³/mol. The van der Waals surface area contributed by atoms with Gasteiger partial charge in [-0.1, -0.05) is 35.8 Å². The van der Waals surface area contributed by atoms with Crippen molar-refractivity contribution in [1.82, 2.24) is 10.9 Å². The zero-order valence-electron chi connectivity index (χ0n) is 16.7. The summed E-state index contributed by atoms with van der Waals surface area (Å²) in [6.07, 6.45) is -0.0914. The van der Waals surface area contributed by atoms with Crippen LogP contribution in [0.1, 0.15) is 49.5 Å². The molecule has 2 N–H and O–H groups in total. The molecule has 8 heteroatoms. The number of ether oxygens (including phenoxy) is 2. The smallest absolute Gasteiger partial charge is 0.276 e. The summed E-state index contributed by atoms with van der Waals surface area (Å²) in [5, 5.41) is 0. The Hall–Kier alpha value is -2.06. The van der Waals surface area contributed by atoms with Crippen LogP contribution in [0.3, 0.4) is 0 Å². The number of hydrogen-bond donors (Lipinski definition) is 2. The first kappa shape index (κ1) is 23.2. The summed E-state index contributed by atoms with van der Waals surface area (Å²) in [6, 6.07) is 10.8. The lowest BCUT2D eigenvalue weighted by Gasteiger charge is -2.15. The van der Waals surface area contributed by atoms with Gasteiger partial charge in [-0.15, -0.1) is 0 Å². The van der Waals surface area contributed by atoms with Crippen LogP contribution >= 0.6 is 31.9 Å². The fraction of sp³-hybridized carbons (Fsp3) is 0.333. The summed E-state index contributed by atoms with van der Waals surface area (Å²) in [7, 11) is 0. The van der Waals surface area contributed by atoms with E-state index in [1.165, 1.54) is 0 Å². The van der Waals surface area contributed by atoms with Crippen molar-refractivity contribution in [2.45, 2.75) is 39.7 Å². The normalized spacial score (nSPS) is 10.8. The molecule has 2 amide bonds. The minimum atomic E-state index is -0.488. The van der Waals surface area contributed by atoms with Gasteiger partial charge >= 0.3 is 0 Å². The Morgan fingerprint density at radius 3 is 2.28 bits per heavy atom. The summed E-state index contributed by atoms with van der Waals surface area (Å²) in [5.41, 5.74) is 6.20. The number of rotatable bonds is 7. The van der Waals surface area contributed by atoms with Crippen LogP contribution in [-0.4, -0.2) is 24.5 Å². The third kappa shape index (κ3) is 7.04. The number of benzene rings is 2. The van der Waals surface area contributed by atoms with E-state index in [2.05, 4.69) is 56.6 Å². The molecule has 2 rings (SSSR count). The van der Waals surface area contributed by atoms with E-state index in [1.54, 1.807) is 18.2 Å². The van der Waals surface area contributed by atoms with Gasteiger partial charge in [0.15, 0.2) is 6.61 Å². The molecule has 156 valence electrons. The SMILES string of the molecule is CC(C)Oc1ccc(Br)cc1C(=O)NNC(=O)COc1ccc(C(C)C)cc1Br. The molecule has 0 unspecified atom stereocenters. The zero-order chi connectivity index (χ0) is 21.6. The molecular weight excluding hydrogens is 504 g/mol. The van der Waals surface area contributed by atoms with Crippen molar-refractivity contribution in [2.75, 3.05) is 6.61 Å². The Labute approximate surface area is 187 Å². The van der Waals surface area contributed by atoms with Gasteiger partial charge in [0.2, 0.25) is 0 Å². The quantitative estimate of drug-likeness (QED) is 0.499. The topological polar surface area (TPSA) is 76.7 Å². The Bertz CT molecular complexity index is 885. The van der Waals surface area contributed by atoms with Gasteiger partial charge in [-0.2, -0.15) is 0 Å². The van der Waals surface area contributed by atoms with E-state index in [4.69, 9.17) is 9.47 Å². The lowest BCUT2D eigenvalue weighted by molar-refractivity contribution is -0.123. The number of amides is 2. The van der Waals surface area contributed by atoms with E-state index in [1.807, 2.05) is 32.0 Å². The van der Waals surface area contributed by atoms with Gasteiger partial charge in [-0.05, 0) is 71.6 Å². The first-order valence-electron chi connectivity index (χ1n) is 9.15. The van der Waals surface area contributed by atoms with Crippen LogP contribution in [0.25, 0.3) is 0 Å². The van der Waals surface area contributed by atoms with Gasteiger partial charge in [0.25, 0.3) is 11.8 Å². The number of nitrogens with one attached hydrogen (secondary N) is 2. The van der Waals surface area contributed by atoms with Gasteiger partial charge in [-0.25, -0.2) is 0 Å². The van der Waals surface area contributed by atoms with Crippen LogP contribution in [0.2, 0.25) is 0 Å². The van der Waals surface area contributed by atoms with Crippen LogP contribution in [0.15, 0.2) is 45.3 Å². The molecule has 0 aliphatic heterocycles. The summed E-state index contributed by atoms with van der Waals surface area (Å²) in [4.78, 5) is 24.5. The van der Waals surface area contributed by atoms with Crippen LogP contribution in [0.4, 0.5) is 0 Å². The van der Waals surface area contributed by atoms with Crippen LogP contribution in [-0.2, 0) is 4.79 Å². The highest BCUT2D eigenvalue weighted by Crippen LogP contribution is 2.29. The number of halogens is 2. The van der Waals surface area contributed by atoms with E-state index in [0.29, 0.717) is 23.0 Å². The Morgan fingerprint density at radius 1 is 0.966 bits per heavy atom. The number of carbonyl (C=O) groups is 2. The number of hydrazine groups is 1. The van der Waals surface area contributed by atoms with E-state index in [0.717, 1.165) is 14.5 Å². The van der Waals surface area contributed by atoms with Gasteiger partial charge in [-0.3, -0.25) is 20.4 Å². The average molecular weight is 528 g/mol. The van der Waals surface area contributed by atoms with E-state index >= 15 is 0 Å².